The molecule has 0 amide bonds. The van der Waals surface area contributed by atoms with Gasteiger partial charge in [-0.1, -0.05) is 29.1 Å². The fourth-order valence-electron chi connectivity index (χ4n) is 3.05. The van der Waals surface area contributed by atoms with Gasteiger partial charge in [-0.05, 0) is 61.4 Å². The summed E-state index contributed by atoms with van der Waals surface area (Å²) in [5.41, 5.74) is 5.09. The normalized spacial score (nSPS) is 12.3. The summed E-state index contributed by atoms with van der Waals surface area (Å²) >= 11 is 1.50. The summed E-state index contributed by atoms with van der Waals surface area (Å²) in [5.74, 6) is 3.14. The van der Waals surface area contributed by atoms with Gasteiger partial charge in [0.1, 0.15) is 5.03 Å². The van der Waals surface area contributed by atoms with E-state index in [1.807, 2.05) is 36.4 Å². The monoisotopic (exact) mass is 418 g/mol. The number of ether oxygens (including phenoxy) is 2. The molecule has 3 heterocycles. The first-order valence-electron chi connectivity index (χ1n) is 9.42. The average Bonchev–Trinajstić information content (AvgIpc) is 3.43. The van der Waals surface area contributed by atoms with E-state index in [0.29, 0.717) is 17.5 Å². The lowest BCUT2D eigenvalue weighted by Gasteiger charge is -2.03. The van der Waals surface area contributed by atoms with Crippen molar-refractivity contribution in [3.05, 3.63) is 65.5 Å². The highest BCUT2D eigenvalue weighted by atomic mass is 32.2. The van der Waals surface area contributed by atoms with Crippen LogP contribution in [0.2, 0.25) is 0 Å². The van der Waals surface area contributed by atoms with E-state index in [9.17, 15) is 0 Å². The second-order valence-electron chi connectivity index (χ2n) is 6.92. The van der Waals surface area contributed by atoms with Crippen molar-refractivity contribution in [2.75, 3.05) is 6.79 Å². The van der Waals surface area contributed by atoms with Gasteiger partial charge in [0.05, 0.1) is 11.4 Å². The quantitative estimate of drug-likeness (QED) is 0.426. The van der Waals surface area contributed by atoms with Crippen molar-refractivity contribution in [3.63, 3.8) is 0 Å². The molecule has 1 aliphatic rings. The number of rotatable bonds is 5. The highest BCUT2D eigenvalue weighted by molar-refractivity contribution is 7.98. The van der Waals surface area contributed by atoms with Crippen LogP contribution in [0, 0.1) is 13.8 Å². The van der Waals surface area contributed by atoms with Crippen LogP contribution in [0.3, 0.4) is 0 Å². The van der Waals surface area contributed by atoms with Gasteiger partial charge in [0.15, 0.2) is 11.5 Å². The van der Waals surface area contributed by atoms with Crippen molar-refractivity contribution in [1.29, 1.82) is 0 Å². The molecule has 0 fully saturated rings. The predicted molar refractivity (Wildman–Crippen MR) is 112 cm³/mol. The number of hydrogen-bond acceptors (Lipinski definition) is 8. The lowest BCUT2D eigenvalue weighted by Crippen LogP contribution is -1.93. The van der Waals surface area contributed by atoms with Crippen LogP contribution in [0.5, 0.6) is 11.5 Å². The van der Waals surface area contributed by atoms with E-state index in [1.54, 1.807) is 0 Å². The minimum atomic E-state index is 0.251. The van der Waals surface area contributed by atoms with E-state index in [4.69, 9.17) is 14.0 Å². The maximum absolute atomic E-state index is 5.42. The van der Waals surface area contributed by atoms with Gasteiger partial charge >= 0.3 is 0 Å². The lowest BCUT2D eigenvalue weighted by atomic mass is 10.1. The van der Waals surface area contributed by atoms with Gasteiger partial charge in [0.25, 0.3) is 0 Å². The molecular formula is C22H18N4O3S. The second kappa shape index (κ2) is 7.79. The molecule has 0 saturated heterocycles. The van der Waals surface area contributed by atoms with E-state index in [1.165, 1.54) is 22.9 Å². The highest BCUT2D eigenvalue weighted by Gasteiger charge is 2.15. The Kier molecular flexibility index (Phi) is 4.84. The number of aryl methyl sites for hydroxylation is 2. The van der Waals surface area contributed by atoms with Crippen LogP contribution < -0.4 is 9.47 Å². The predicted octanol–water partition coefficient (Wildman–Crippen LogP) is 4.83. The molecule has 2 aromatic heterocycles. The molecule has 0 aliphatic carbocycles. The van der Waals surface area contributed by atoms with Gasteiger partial charge in [-0.2, -0.15) is 4.98 Å². The topological polar surface area (TPSA) is 83.2 Å². The molecular weight excluding hydrogens is 400 g/mol. The lowest BCUT2D eigenvalue weighted by molar-refractivity contribution is 0.174. The third-order valence-electron chi connectivity index (χ3n) is 4.89. The fraction of sp³-hybridized carbons (Fsp3) is 0.182. The van der Waals surface area contributed by atoms with Gasteiger partial charge in [0, 0.05) is 11.1 Å². The van der Waals surface area contributed by atoms with Crippen molar-refractivity contribution in [2.24, 2.45) is 0 Å². The third kappa shape index (κ3) is 3.73. The van der Waals surface area contributed by atoms with Crippen LogP contribution in [-0.2, 0) is 5.75 Å². The molecule has 0 saturated carbocycles. The molecule has 30 heavy (non-hydrogen) atoms. The van der Waals surface area contributed by atoms with Crippen LogP contribution >= 0.6 is 11.8 Å². The van der Waals surface area contributed by atoms with Gasteiger partial charge in [-0.25, -0.2) is 0 Å². The standard InChI is InChI=1S/C22H18N4O3S/c1-13-3-4-16(9-14(13)2)22-23-20(29-26-22)11-30-21-8-6-17(24-25-21)15-5-7-18-19(10-15)28-12-27-18/h3-10H,11-12H2,1-2H3. The molecule has 0 N–H and O–H groups in total. The molecule has 8 heteroatoms. The molecule has 7 nitrogen and oxygen atoms in total. The van der Waals surface area contributed by atoms with E-state index >= 15 is 0 Å². The Hall–Kier alpha value is -3.39. The van der Waals surface area contributed by atoms with E-state index in [-0.39, 0.29) is 6.79 Å². The zero-order valence-electron chi connectivity index (χ0n) is 16.5. The Labute approximate surface area is 177 Å². The summed E-state index contributed by atoms with van der Waals surface area (Å²) in [6.07, 6.45) is 0. The summed E-state index contributed by atoms with van der Waals surface area (Å²) in [4.78, 5) is 4.49. The molecule has 0 radical (unpaired) electrons. The largest absolute Gasteiger partial charge is 0.454 e. The first-order valence-corrected chi connectivity index (χ1v) is 10.4. The van der Waals surface area contributed by atoms with Crippen molar-refractivity contribution in [3.8, 4) is 34.1 Å². The number of thioether (sulfide) groups is 1. The van der Waals surface area contributed by atoms with Crippen LogP contribution in [0.25, 0.3) is 22.6 Å². The van der Waals surface area contributed by atoms with Crippen LogP contribution in [0.4, 0.5) is 0 Å². The van der Waals surface area contributed by atoms with Gasteiger partial charge in [-0.3, -0.25) is 0 Å². The maximum Gasteiger partial charge on any atom is 0.237 e. The smallest absolute Gasteiger partial charge is 0.237 e. The second-order valence-corrected chi connectivity index (χ2v) is 7.92. The number of fused-ring (bicyclic) bond motifs is 1. The number of hydrogen-bond donors (Lipinski definition) is 0. The van der Waals surface area contributed by atoms with Crippen molar-refractivity contribution < 1.29 is 14.0 Å². The average molecular weight is 418 g/mol. The number of benzene rings is 2. The van der Waals surface area contributed by atoms with E-state index < -0.39 is 0 Å². The van der Waals surface area contributed by atoms with Crippen molar-refractivity contribution >= 4 is 11.8 Å². The van der Waals surface area contributed by atoms with E-state index in [2.05, 4.69) is 46.3 Å². The number of aromatic nitrogens is 4. The van der Waals surface area contributed by atoms with Crippen LogP contribution in [0.15, 0.2) is 58.1 Å². The molecule has 0 bridgehead atoms. The summed E-state index contributed by atoms with van der Waals surface area (Å²) < 4.78 is 16.2. The Morgan fingerprint density at radius 1 is 0.867 bits per heavy atom. The molecule has 0 spiro atoms. The minimum Gasteiger partial charge on any atom is -0.454 e. The maximum atomic E-state index is 5.42. The third-order valence-corrected chi connectivity index (χ3v) is 5.79. The molecule has 0 atom stereocenters. The van der Waals surface area contributed by atoms with Crippen LogP contribution in [-0.4, -0.2) is 27.1 Å². The minimum absolute atomic E-state index is 0.251. The Balaban J connectivity index is 1.25. The van der Waals surface area contributed by atoms with Gasteiger partial charge in [0.2, 0.25) is 18.5 Å². The zero-order valence-corrected chi connectivity index (χ0v) is 17.3. The SMILES string of the molecule is Cc1ccc(-c2noc(CSc3ccc(-c4ccc5c(c4)OCO5)nn3)n2)cc1C. The first-order chi connectivity index (χ1) is 14.7. The number of nitrogens with zero attached hydrogens (tertiary/aromatic N) is 4. The molecule has 2 aromatic carbocycles. The highest BCUT2D eigenvalue weighted by Crippen LogP contribution is 2.35. The zero-order chi connectivity index (χ0) is 20.5. The fourth-order valence-corrected chi connectivity index (χ4v) is 3.71. The van der Waals surface area contributed by atoms with Gasteiger partial charge < -0.3 is 14.0 Å². The molecule has 1 aliphatic heterocycles. The molecule has 5 rings (SSSR count). The Morgan fingerprint density at radius 3 is 2.57 bits per heavy atom. The Morgan fingerprint density at radius 2 is 1.73 bits per heavy atom. The van der Waals surface area contributed by atoms with E-state index in [0.717, 1.165) is 33.3 Å². The van der Waals surface area contributed by atoms with Crippen molar-refractivity contribution in [1.82, 2.24) is 20.3 Å². The summed E-state index contributed by atoms with van der Waals surface area (Å²) in [6, 6.07) is 15.7. The summed E-state index contributed by atoms with van der Waals surface area (Å²) in [5, 5.41) is 13.5. The molecule has 150 valence electrons. The van der Waals surface area contributed by atoms with Crippen LogP contribution in [0.1, 0.15) is 17.0 Å². The molecule has 4 aromatic rings. The van der Waals surface area contributed by atoms with Gasteiger partial charge in [-0.15, -0.1) is 10.2 Å². The first kappa shape index (κ1) is 18.6. The summed E-state index contributed by atoms with van der Waals surface area (Å²) in [6.45, 7) is 4.40. The summed E-state index contributed by atoms with van der Waals surface area (Å²) in [7, 11) is 0. The Bertz CT molecular complexity index is 1210. The molecule has 0 unspecified atom stereocenters. The van der Waals surface area contributed by atoms with Crippen molar-refractivity contribution in [2.45, 2.75) is 24.6 Å².